The van der Waals surface area contributed by atoms with E-state index in [-0.39, 0.29) is 17.5 Å². The number of rotatable bonds is 9. The molecule has 1 fully saturated rings. The second-order valence-electron chi connectivity index (χ2n) is 25.5. The second-order valence-corrected chi connectivity index (χ2v) is 25.5. The first-order valence-corrected chi connectivity index (χ1v) is 30.2. The summed E-state index contributed by atoms with van der Waals surface area (Å²) in [4.78, 5) is 5.50. The van der Waals surface area contributed by atoms with E-state index in [9.17, 15) is 0 Å². The molecule has 0 N–H and O–H groups in total. The predicted octanol–water partition coefficient (Wildman–Crippen LogP) is 20.4. The molecule has 0 unspecified atom stereocenters. The molecule has 2 aliphatic heterocycles. The summed E-state index contributed by atoms with van der Waals surface area (Å²) in [6.45, 7) is 14.1. The summed E-state index contributed by atoms with van der Waals surface area (Å²) in [6.07, 6.45) is 6.08. The van der Waals surface area contributed by atoms with E-state index < -0.39 is 0 Å². The van der Waals surface area contributed by atoms with Gasteiger partial charge in [-0.1, -0.05) is 267 Å². The van der Waals surface area contributed by atoms with Gasteiger partial charge < -0.3 is 9.80 Å². The van der Waals surface area contributed by atoms with Crippen molar-refractivity contribution in [3.05, 3.63) is 271 Å². The van der Waals surface area contributed by atoms with Gasteiger partial charge in [-0.05, 0) is 156 Å². The summed E-state index contributed by atoms with van der Waals surface area (Å²) in [5.41, 5.74) is 29.5. The molecule has 0 saturated heterocycles. The fourth-order valence-corrected chi connectivity index (χ4v) is 13.8. The molecule has 3 aliphatic rings. The van der Waals surface area contributed by atoms with Gasteiger partial charge in [-0.15, -0.1) is 0 Å². The molecule has 404 valence electrons. The van der Waals surface area contributed by atoms with Gasteiger partial charge in [-0.3, -0.25) is 0 Å². The highest BCUT2D eigenvalue weighted by Crippen LogP contribution is 2.55. The topological polar surface area (TPSA) is 6.48 Å². The molecule has 0 spiro atoms. The number of anilines is 6. The maximum absolute atomic E-state index is 2.75. The maximum Gasteiger partial charge on any atom is 0.252 e. The van der Waals surface area contributed by atoms with Crippen molar-refractivity contribution in [2.45, 2.75) is 90.4 Å². The van der Waals surface area contributed by atoms with Crippen molar-refractivity contribution in [1.29, 1.82) is 0 Å². The van der Waals surface area contributed by atoms with E-state index in [4.69, 9.17) is 0 Å². The molecule has 14 rings (SSSR count). The Balaban J connectivity index is 1.18. The zero-order chi connectivity index (χ0) is 56.4. The highest BCUT2D eigenvalue weighted by atomic mass is 15.2. The third-order valence-electron chi connectivity index (χ3n) is 18.1. The third-order valence-corrected chi connectivity index (χ3v) is 18.1. The van der Waals surface area contributed by atoms with Crippen molar-refractivity contribution in [2.24, 2.45) is 0 Å². The van der Waals surface area contributed by atoms with Gasteiger partial charge in [0.1, 0.15) is 0 Å². The molecular weight excluding hydrogens is 1000 g/mol. The highest BCUT2D eigenvalue weighted by Gasteiger charge is 2.46. The van der Waals surface area contributed by atoms with Crippen molar-refractivity contribution < 1.29 is 0 Å². The lowest BCUT2D eigenvalue weighted by Gasteiger charge is -2.46. The fourth-order valence-electron chi connectivity index (χ4n) is 13.8. The minimum atomic E-state index is -0.130. The lowest BCUT2D eigenvalue weighted by molar-refractivity contribution is 0.444. The lowest BCUT2D eigenvalue weighted by atomic mass is 9.33. The van der Waals surface area contributed by atoms with Crippen LogP contribution in [0.1, 0.15) is 96.3 Å². The summed E-state index contributed by atoms with van der Waals surface area (Å²) in [7, 11) is 0. The van der Waals surface area contributed by atoms with Crippen LogP contribution in [0.3, 0.4) is 0 Å². The first-order chi connectivity index (χ1) is 40.5. The number of benzene rings is 11. The van der Waals surface area contributed by atoms with Gasteiger partial charge in [0.2, 0.25) is 0 Å². The molecule has 2 nitrogen and oxygen atoms in total. The van der Waals surface area contributed by atoms with Gasteiger partial charge >= 0.3 is 0 Å². The van der Waals surface area contributed by atoms with Crippen molar-refractivity contribution >= 4 is 57.2 Å². The first kappa shape index (κ1) is 52.2. The minimum absolute atomic E-state index is 0.101. The number of hydrogen-bond acceptors (Lipinski definition) is 2. The standard InChI is InChI=1S/C80H71BN2/c1-79(2,3)64-50-66(57-34-20-10-21-35-57)77(67(51-64)58-36-22-11-23-37-58)82-72-46-61(54-28-14-7-15-29-54)42-44-70(72)81-71-45-43-62(55-30-16-8-17-31-55)47-73(71)83(75-49-63(48-74(82)76(75)81)56-32-18-9-19-33-56)78-68(59-38-24-12-25-39-59)52-65(80(4,5)6)53-69(78)60-40-26-13-27-41-60/h7-8,10-17,20-31,34-53,56H,9,18-19,32-33H2,1-6H3. The molecule has 83 heavy (non-hydrogen) atoms. The molecule has 0 atom stereocenters. The first-order valence-electron chi connectivity index (χ1n) is 30.2. The third kappa shape index (κ3) is 9.51. The summed E-state index contributed by atoms with van der Waals surface area (Å²) in [5.74, 6) is 0.400. The summed E-state index contributed by atoms with van der Waals surface area (Å²) >= 11 is 0. The normalized spacial score (nSPS) is 14.0. The largest absolute Gasteiger partial charge is 0.310 e. The van der Waals surface area contributed by atoms with Crippen LogP contribution in [0.5, 0.6) is 0 Å². The maximum atomic E-state index is 2.75. The average Bonchev–Trinajstić information content (AvgIpc) is 1.10. The van der Waals surface area contributed by atoms with Crippen LogP contribution < -0.4 is 26.2 Å². The predicted molar refractivity (Wildman–Crippen MR) is 356 cm³/mol. The molecule has 2 heterocycles. The van der Waals surface area contributed by atoms with Gasteiger partial charge in [0.25, 0.3) is 6.71 Å². The van der Waals surface area contributed by atoms with Gasteiger partial charge in [-0.25, -0.2) is 0 Å². The van der Waals surface area contributed by atoms with Crippen LogP contribution >= 0.6 is 0 Å². The van der Waals surface area contributed by atoms with Crippen LogP contribution in [0.4, 0.5) is 34.1 Å². The van der Waals surface area contributed by atoms with Crippen molar-refractivity contribution in [1.82, 2.24) is 0 Å². The minimum Gasteiger partial charge on any atom is -0.310 e. The quantitative estimate of drug-likeness (QED) is 0.133. The zero-order valence-corrected chi connectivity index (χ0v) is 48.8. The summed E-state index contributed by atoms with van der Waals surface area (Å²) < 4.78 is 0. The van der Waals surface area contributed by atoms with Gasteiger partial charge in [0.05, 0.1) is 11.4 Å². The Hall–Kier alpha value is -8.92. The van der Waals surface area contributed by atoms with Crippen molar-refractivity contribution in [2.75, 3.05) is 9.80 Å². The molecule has 3 heteroatoms. The molecule has 1 aliphatic carbocycles. The second kappa shape index (κ2) is 21.1. The summed E-state index contributed by atoms with van der Waals surface area (Å²) in [5, 5.41) is 0. The van der Waals surface area contributed by atoms with Crippen LogP contribution in [-0.4, -0.2) is 6.71 Å². The molecule has 11 aromatic carbocycles. The van der Waals surface area contributed by atoms with E-state index in [0.717, 1.165) is 0 Å². The van der Waals surface area contributed by atoms with E-state index in [2.05, 4.69) is 306 Å². The monoisotopic (exact) mass is 1070 g/mol. The van der Waals surface area contributed by atoms with Crippen LogP contribution in [0.2, 0.25) is 0 Å². The molecule has 11 aromatic rings. The SMILES string of the molecule is CC(C)(C)c1cc(-c2ccccc2)c(N2c3cc(-c4ccccc4)ccc3B3c4ccc(-c5ccccc5)cc4N(c4c(-c5ccccc5)cc(C(C)(C)C)cc4-c4ccccc4)c4cc(C5CCCCC5)cc2c43)c(-c2ccccc2)c1. The van der Waals surface area contributed by atoms with Crippen molar-refractivity contribution in [3.8, 4) is 66.8 Å². The Morgan fingerprint density at radius 2 is 0.627 bits per heavy atom. The van der Waals surface area contributed by atoms with E-state index in [1.807, 2.05) is 0 Å². The average molecular weight is 1070 g/mol. The molecule has 0 radical (unpaired) electrons. The number of fused-ring (bicyclic) bond motifs is 4. The van der Waals surface area contributed by atoms with Crippen LogP contribution in [-0.2, 0) is 10.8 Å². The lowest BCUT2D eigenvalue weighted by Crippen LogP contribution is -2.61. The van der Waals surface area contributed by atoms with Gasteiger partial charge in [0.15, 0.2) is 0 Å². The molecule has 1 saturated carbocycles. The Morgan fingerprint density at radius 1 is 0.313 bits per heavy atom. The number of nitrogens with zero attached hydrogens (tertiary/aromatic N) is 2. The zero-order valence-electron chi connectivity index (χ0n) is 48.8. The van der Waals surface area contributed by atoms with Crippen LogP contribution in [0.15, 0.2) is 255 Å². The molecule has 0 bridgehead atoms. The molecular formula is C80H71BN2. The highest BCUT2D eigenvalue weighted by molar-refractivity contribution is 7.00. The van der Waals surface area contributed by atoms with E-state index in [0.29, 0.717) is 5.92 Å². The smallest absolute Gasteiger partial charge is 0.252 e. The molecule has 0 amide bonds. The Kier molecular flexibility index (Phi) is 13.3. The van der Waals surface area contributed by atoms with E-state index in [1.54, 1.807) is 0 Å². The number of hydrogen-bond donors (Lipinski definition) is 0. The van der Waals surface area contributed by atoms with E-state index in [1.165, 1.54) is 166 Å². The molecule has 0 aromatic heterocycles. The van der Waals surface area contributed by atoms with Crippen LogP contribution in [0.25, 0.3) is 66.8 Å². The van der Waals surface area contributed by atoms with Crippen LogP contribution in [0, 0.1) is 0 Å². The van der Waals surface area contributed by atoms with E-state index >= 15 is 0 Å². The van der Waals surface area contributed by atoms with Gasteiger partial charge in [-0.2, -0.15) is 0 Å². The van der Waals surface area contributed by atoms with Gasteiger partial charge in [0, 0.05) is 45.0 Å². The fraction of sp³-hybridized carbons (Fsp3) is 0.175. The Morgan fingerprint density at radius 3 is 0.940 bits per heavy atom. The Labute approximate surface area is 492 Å². The summed E-state index contributed by atoms with van der Waals surface area (Å²) in [6, 6.07) is 97.1. The Bertz CT molecular complexity index is 3790. The van der Waals surface area contributed by atoms with Crippen molar-refractivity contribution in [3.63, 3.8) is 0 Å².